The molecule has 1 heterocycles. The number of anilines is 1. The smallest absolute Gasteiger partial charge is 0.259 e. The third kappa shape index (κ3) is 2.98. The summed E-state index contributed by atoms with van der Waals surface area (Å²) in [6, 6.07) is 12.5. The van der Waals surface area contributed by atoms with Gasteiger partial charge in [0.15, 0.2) is 11.5 Å². The third-order valence-electron chi connectivity index (χ3n) is 3.23. The first kappa shape index (κ1) is 14.3. The van der Waals surface area contributed by atoms with Gasteiger partial charge in [-0.1, -0.05) is 6.07 Å². The molecular formula is C17H17NO4. The first-order valence-electron chi connectivity index (χ1n) is 7.21. The summed E-state index contributed by atoms with van der Waals surface area (Å²) in [5.41, 5.74) is 1.16. The Bertz CT molecular complexity index is 667. The fraction of sp³-hybridized carbons (Fsp3) is 0.235. The van der Waals surface area contributed by atoms with Gasteiger partial charge in [-0.3, -0.25) is 4.79 Å². The van der Waals surface area contributed by atoms with E-state index in [1.165, 1.54) is 0 Å². The van der Waals surface area contributed by atoms with E-state index >= 15 is 0 Å². The van der Waals surface area contributed by atoms with Gasteiger partial charge in [0.05, 0.1) is 12.2 Å². The highest BCUT2D eigenvalue weighted by Gasteiger charge is 2.20. The Hall–Kier alpha value is -2.69. The molecule has 1 aliphatic heterocycles. The molecule has 22 heavy (non-hydrogen) atoms. The zero-order valence-electron chi connectivity index (χ0n) is 12.3. The molecule has 0 aromatic heterocycles. The molecule has 1 aliphatic rings. The van der Waals surface area contributed by atoms with Gasteiger partial charge in [0, 0.05) is 5.69 Å². The highest BCUT2D eigenvalue weighted by molar-refractivity contribution is 6.06. The maximum absolute atomic E-state index is 12.4. The molecule has 1 N–H and O–H groups in total. The number of carbonyl (C=O) groups excluding carboxylic acids is 1. The molecule has 0 saturated carbocycles. The Morgan fingerprint density at radius 3 is 2.68 bits per heavy atom. The van der Waals surface area contributed by atoms with Crippen molar-refractivity contribution in [3.8, 4) is 17.2 Å². The summed E-state index contributed by atoms with van der Waals surface area (Å²) >= 11 is 0. The summed E-state index contributed by atoms with van der Waals surface area (Å²) in [5.74, 6) is 1.64. The van der Waals surface area contributed by atoms with Crippen LogP contribution in [0.5, 0.6) is 17.2 Å². The van der Waals surface area contributed by atoms with Crippen molar-refractivity contribution in [3.05, 3.63) is 48.0 Å². The normalized spacial score (nSPS) is 12.6. The van der Waals surface area contributed by atoms with Gasteiger partial charge < -0.3 is 19.5 Å². The average molecular weight is 299 g/mol. The number of para-hydroxylation sites is 1. The van der Waals surface area contributed by atoms with Crippen LogP contribution >= 0.6 is 0 Å². The van der Waals surface area contributed by atoms with E-state index in [0.717, 1.165) is 5.75 Å². The second kappa shape index (κ2) is 6.39. The van der Waals surface area contributed by atoms with E-state index < -0.39 is 0 Å². The van der Waals surface area contributed by atoms with E-state index in [0.29, 0.717) is 42.6 Å². The molecular weight excluding hydrogens is 282 g/mol. The number of ether oxygens (including phenoxy) is 3. The molecule has 2 aromatic rings. The van der Waals surface area contributed by atoms with Crippen molar-refractivity contribution in [3.63, 3.8) is 0 Å². The quantitative estimate of drug-likeness (QED) is 0.942. The molecule has 5 nitrogen and oxygen atoms in total. The third-order valence-corrected chi connectivity index (χ3v) is 3.23. The lowest BCUT2D eigenvalue weighted by Crippen LogP contribution is -2.20. The average Bonchev–Trinajstić information content (AvgIpc) is 2.56. The molecule has 5 heteroatoms. The van der Waals surface area contributed by atoms with Crippen LogP contribution in [0.4, 0.5) is 5.69 Å². The first-order chi connectivity index (χ1) is 10.8. The molecule has 0 saturated heterocycles. The Morgan fingerprint density at radius 2 is 1.91 bits per heavy atom. The standard InChI is InChI=1S/C17H17NO4/c1-2-20-13-8-6-12(7-9-13)18-17(19)14-4-3-5-15-16(14)22-11-10-21-15/h3-9H,2,10-11H2,1H3,(H,18,19). The summed E-state index contributed by atoms with van der Waals surface area (Å²) in [6.45, 7) is 3.48. The van der Waals surface area contributed by atoms with Crippen LogP contribution in [-0.4, -0.2) is 25.7 Å². The molecule has 1 amide bonds. The number of rotatable bonds is 4. The van der Waals surface area contributed by atoms with Crippen LogP contribution < -0.4 is 19.5 Å². The highest BCUT2D eigenvalue weighted by atomic mass is 16.6. The van der Waals surface area contributed by atoms with Crippen LogP contribution in [0.1, 0.15) is 17.3 Å². The second-order valence-electron chi connectivity index (χ2n) is 4.74. The zero-order chi connectivity index (χ0) is 15.4. The molecule has 0 aliphatic carbocycles. The van der Waals surface area contributed by atoms with E-state index in [1.54, 1.807) is 30.3 Å². The number of nitrogens with one attached hydrogen (secondary N) is 1. The van der Waals surface area contributed by atoms with Crippen molar-refractivity contribution in [1.82, 2.24) is 0 Å². The van der Waals surface area contributed by atoms with Crippen molar-refractivity contribution in [2.24, 2.45) is 0 Å². The number of hydrogen-bond donors (Lipinski definition) is 1. The Labute approximate surface area is 128 Å². The van der Waals surface area contributed by atoms with Gasteiger partial charge in [0.25, 0.3) is 5.91 Å². The molecule has 114 valence electrons. The van der Waals surface area contributed by atoms with Crippen LogP contribution in [0.15, 0.2) is 42.5 Å². The minimum Gasteiger partial charge on any atom is -0.494 e. The number of amides is 1. The summed E-state index contributed by atoms with van der Waals surface area (Å²) in [7, 11) is 0. The van der Waals surface area contributed by atoms with Crippen LogP contribution in [-0.2, 0) is 0 Å². The molecule has 0 fully saturated rings. The van der Waals surface area contributed by atoms with Crippen molar-refractivity contribution in [2.75, 3.05) is 25.1 Å². The maximum atomic E-state index is 12.4. The van der Waals surface area contributed by atoms with Gasteiger partial charge in [-0.2, -0.15) is 0 Å². The number of benzene rings is 2. The molecule has 2 aromatic carbocycles. The van der Waals surface area contributed by atoms with Crippen molar-refractivity contribution < 1.29 is 19.0 Å². The topological polar surface area (TPSA) is 56.8 Å². The number of fused-ring (bicyclic) bond motifs is 1. The Morgan fingerprint density at radius 1 is 1.14 bits per heavy atom. The molecule has 0 spiro atoms. The lowest BCUT2D eigenvalue weighted by molar-refractivity contribution is 0.101. The Balaban J connectivity index is 1.77. The van der Waals surface area contributed by atoms with E-state index in [9.17, 15) is 4.79 Å². The predicted molar refractivity (Wildman–Crippen MR) is 83.0 cm³/mol. The van der Waals surface area contributed by atoms with Crippen molar-refractivity contribution in [2.45, 2.75) is 6.92 Å². The summed E-state index contributed by atoms with van der Waals surface area (Å²) in [4.78, 5) is 12.4. The maximum Gasteiger partial charge on any atom is 0.259 e. The summed E-state index contributed by atoms with van der Waals surface area (Å²) in [5, 5.41) is 2.85. The van der Waals surface area contributed by atoms with Gasteiger partial charge in [-0.25, -0.2) is 0 Å². The molecule has 0 atom stereocenters. The van der Waals surface area contributed by atoms with Gasteiger partial charge in [0.1, 0.15) is 19.0 Å². The fourth-order valence-electron chi connectivity index (χ4n) is 2.25. The number of hydrogen-bond acceptors (Lipinski definition) is 4. The second-order valence-corrected chi connectivity index (χ2v) is 4.74. The SMILES string of the molecule is CCOc1ccc(NC(=O)c2cccc3c2OCCO3)cc1. The van der Waals surface area contributed by atoms with E-state index in [2.05, 4.69) is 5.32 Å². The van der Waals surface area contributed by atoms with Crippen LogP contribution in [0, 0.1) is 0 Å². The molecule has 3 rings (SSSR count). The summed E-state index contributed by atoms with van der Waals surface area (Å²) in [6.07, 6.45) is 0. The van der Waals surface area contributed by atoms with Crippen molar-refractivity contribution in [1.29, 1.82) is 0 Å². The monoisotopic (exact) mass is 299 g/mol. The first-order valence-corrected chi connectivity index (χ1v) is 7.21. The largest absolute Gasteiger partial charge is 0.494 e. The molecule has 0 bridgehead atoms. The van der Waals surface area contributed by atoms with E-state index in [-0.39, 0.29) is 5.91 Å². The van der Waals surface area contributed by atoms with Gasteiger partial charge in [-0.05, 0) is 43.3 Å². The minimum absolute atomic E-state index is 0.230. The van der Waals surface area contributed by atoms with E-state index in [1.807, 2.05) is 19.1 Å². The Kier molecular flexibility index (Phi) is 4.14. The number of carbonyl (C=O) groups is 1. The zero-order valence-corrected chi connectivity index (χ0v) is 12.3. The lowest BCUT2D eigenvalue weighted by Gasteiger charge is -2.20. The fourth-order valence-corrected chi connectivity index (χ4v) is 2.25. The van der Waals surface area contributed by atoms with Gasteiger partial charge >= 0.3 is 0 Å². The highest BCUT2D eigenvalue weighted by Crippen LogP contribution is 2.34. The van der Waals surface area contributed by atoms with Gasteiger partial charge in [0.2, 0.25) is 0 Å². The van der Waals surface area contributed by atoms with E-state index in [4.69, 9.17) is 14.2 Å². The van der Waals surface area contributed by atoms with Crippen molar-refractivity contribution >= 4 is 11.6 Å². The van der Waals surface area contributed by atoms with Crippen LogP contribution in [0.3, 0.4) is 0 Å². The van der Waals surface area contributed by atoms with Crippen LogP contribution in [0.2, 0.25) is 0 Å². The minimum atomic E-state index is -0.230. The summed E-state index contributed by atoms with van der Waals surface area (Å²) < 4.78 is 16.4. The van der Waals surface area contributed by atoms with Crippen LogP contribution in [0.25, 0.3) is 0 Å². The molecule has 0 radical (unpaired) electrons. The molecule has 0 unspecified atom stereocenters. The lowest BCUT2D eigenvalue weighted by atomic mass is 10.1. The predicted octanol–water partition coefficient (Wildman–Crippen LogP) is 3.11. The van der Waals surface area contributed by atoms with Gasteiger partial charge in [-0.15, -0.1) is 0 Å².